The summed E-state index contributed by atoms with van der Waals surface area (Å²) in [5, 5.41) is 11.7. The molecule has 0 amide bonds. The molecule has 1 aliphatic rings. The van der Waals surface area contributed by atoms with E-state index in [1.165, 1.54) is 29.7 Å². The molecule has 0 bridgehead atoms. The van der Waals surface area contributed by atoms with Gasteiger partial charge in [0, 0.05) is 4.88 Å². The molecular weight excluding hydrogens is 258 g/mol. The highest BCUT2D eigenvalue weighted by atomic mass is 32.1. The van der Waals surface area contributed by atoms with Crippen LogP contribution in [-0.2, 0) is 12.8 Å². The quantitative estimate of drug-likeness (QED) is 0.910. The average Bonchev–Trinajstić information content (AvgIpc) is 3.08. The molecule has 0 radical (unpaired) electrons. The second-order valence-corrected chi connectivity index (χ2v) is 6.17. The zero-order chi connectivity index (χ0) is 13.2. The molecule has 2 heterocycles. The fourth-order valence-electron chi connectivity index (χ4n) is 2.39. The van der Waals surface area contributed by atoms with Crippen molar-refractivity contribution in [3.63, 3.8) is 0 Å². The molecule has 0 saturated carbocycles. The zero-order valence-electron chi connectivity index (χ0n) is 11.4. The van der Waals surface area contributed by atoms with Crippen LogP contribution in [0.1, 0.15) is 49.1 Å². The minimum absolute atomic E-state index is 0.119. The summed E-state index contributed by atoms with van der Waals surface area (Å²) in [4.78, 5) is 2.61. The average molecular weight is 277 g/mol. The van der Waals surface area contributed by atoms with E-state index in [1.807, 2.05) is 0 Å². The Morgan fingerprint density at radius 2 is 2.32 bits per heavy atom. The second-order valence-electron chi connectivity index (χ2n) is 5.03. The van der Waals surface area contributed by atoms with Crippen molar-refractivity contribution in [1.29, 1.82) is 0 Å². The van der Waals surface area contributed by atoms with Crippen LogP contribution in [0.5, 0.6) is 0 Å². The fourth-order valence-corrected chi connectivity index (χ4v) is 3.57. The smallest absolute Gasteiger partial charge is 0.257 e. The molecule has 0 aliphatic heterocycles. The maximum atomic E-state index is 5.79. The molecule has 1 atom stereocenters. The van der Waals surface area contributed by atoms with Crippen LogP contribution < -0.4 is 5.32 Å². The summed E-state index contributed by atoms with van der Waals surface area (Å²) in [7, 11) is 0. The molecule has 1 unspecified atom stereocenters. The van der Waals surface area contributed by atoms with E-state index in [0.717, 1.165) is 17.8 Å². The van der Waals surface area contributed by atoms with Gasteiger partial charge >= 0.3 is 0 Å². The van der Waals surface area contributed by atoms with Crippen molar-refractivity contribution in [2.75, 3.05) is 6.54 Å². The van der Waals surface area contributed by atoms with Crippen LogP contribution in [-0.4, -0.2) is 16.7 Å². The van der Waals surface area contributed by atoms with Crippen molar-refractivity contribution in [1.82, 2.24) is 15.5 Å². The lowest BCUT2D eigenvalue weighted by Crippen LogP contribution is -2.19. The van der Waals surface area contributed by atoms with E-state index in [9.17, 15) is 0 Å². The van der Waals surface area contributed by atoms with Gasteiger partial charge in [-0.1, -0.05) is 6.92 Å². The summed E-state index contributed by atoms with van der Waals surface area (Å²) in [6.07, 6.45) is 4.79. The van der Waals surface area contributed by atoms with Gasteiger partial charge in [-0.2, -0.15) is 0 Å². The van der Waals surface area contributed by atoms with Gasteiger partial charge in [0.2, 0.25) is 5.89 Å². The first-order valence-electron chi connectivity index (χ1n) is 6.96. The Morgan fingerprint density at radius 3 is 3.11 bits per heavy atom. The molecule has 0 aromatic carbocycles. The molecule has 5 heteroatoms. The molecule has 102 valence electrons. The number of thiophene rings is 1. The monoisotopic (exact) mass is 277 g/mol. The van der Waals surface area contributed by atoms with Crippen LogP contribution in [0.2, 0.25) is 0 Å². The lowest BCUT2D eigenvalue weighted by atomic mass is 10.2. The van der Waals surface area contributed by atoms with Crippen molar-refractivity contribution in [3.8, 4) is 10.8 Å². The summed E-state index contributed by atoms with van der Waals surface area (Å²) in [6, 6.07) is 2.34. The van der Waals surface area contributed by atoms with E-state index in [1.54, 1.807) is 11.3 Å². The van der Waals surface area contributed by atoms with E-state index < -0.39 is 0 Å². The van der Waals surface area contributed by atoms with Crippen LogP contribution in [0.4, 0.5) is 0 Å². The summed E-state index contributed by atoms with van der Waals surface area (Å²) in [5.41, 5.74) is 1.47. The largest absolute Gasteiger partial charge is 0.418 e. The minimum atomic E-state index is 0.119. The topological polar surface area (TPSA) is 51.0 Å². The lowest BCUT2D eigenvalue weighted by Gasteiger charge is -2.07. The first-order valence-corrected chi connectivity index (χ1v) is 7.78. The van der Waals surface area contributed by atoms with Gasteiger partial charge in [0.25, 0.3) is 5.89 Å². The third kappa shape index (κ3) is 2.58. The Labute approximate surface area is 117 Å². The van der Waals surface area contributed by atoms with Crippen molar-refractivity contribution in [2.45, 2.75) is 45.6 Å². The number of nitrogens with zero attached hydrogens (tertiary/aromatic N) is 2. The molecule has 3 rings (SSSR count). The van der Waals surface area contributed by atoms with Crippen molar-refractivity contribution in [3.05, 3.63) is 22.4 Å². The third-order valence-electron chi connectivity index (χ3n) is 3.47. The standard InChI is InChI=1S/C14H19N3OS/c1-3-7-15-9(2)13-16-17-14(18-13)12-8-10-5-4-6-11(10)19-12/h8-9,15H,3-7H2,1-2H3. The van der Waals surface area contributed by atoms with Gasteiger partial charge in [-0.3, -0.25) is 0 Å². The van der Waals surface area contributed by atoms with Gasteiger partial charge in [0.05, 0.1) is 10.9 Å². The Kier molecular flexibility index (Phi) is 3.66. The summed E-state index contributed by atoms with van der Waals surface area (Å²) in [5.74, 6) is 1.34. The Morgan fingerprint density at radius 1 is 1.42 bits per heavy atom. The predicted octanol–water partition coefficient (Wildman–Crippen LogP) is 3.35. The van der Waals surface area contributed by atoms with Crippen molar-refractivity contribution in [2.24, 2.45) is 0 Å². The Balaban J connectivity index is 1.76. The highest BCUT2D eigenvalue weighted by Gasteiger charge is 2.20. The molecule has 1 N–H and O–H groups in total. The Bertz CT molecular complexity index is 539. The molecule has 0 fully saturated rings. The molecule has 2 aromatic heterocycles. The highest BCUT2D eigenvalue weighted by Crippen LogP contribution is 2.36. The van der Waals surface area contributed by atoms with Crippen LogP contribution in [0.3, 0.4) is 0 Å². The molecular formula is C14H19N3OS. The first-order chi connectivity index (χ1) is 9.28. The summed E-state index contributed by atoms with van der Waals surface area (Å²) in [6.45, 7) is 5.17. The van der Waals surface area contributed by atoms with Crippen molar-refractivity contribution >= 4 is 11.3 Å². The molecule has 19 heavy (non-hydrogen) atoms. The van der Waals surface area contributed by atoms with E-state index in [4.69, 9.17) is 4.42 Å². The van der Waals surface area contributed by atoms with Gasteiger partial charge in [-0.05, 0) is 50.8 Å². The molecule has 1 aliphatic carbocycles. The number of aromatic nitrogens is 2. The van der Waals surface area contributed by atoms with E-state index in [0.29, 0.717) is 11.8 Å². The number of hydrogen-bond donors (Lipinski definition) is 1. The summed E-state index contributed by atoms with van der Waals surface area (Å²) >= 11 is 1.80. The molecule has 4 nitrogen and oxygen atoms in total. The number of hydrogen-bond acceptors (Lipinski definition) is 5. The lowest BCUT2D eigenvalue weighted by molar-refractivity contribution is 0.423. The Hall–Kier alpha value is -1.20. The molecule has 0 spiro atoms. The van der Waals surface area contributed by atoms with Gasteiger partial charge < -0.3 is 9.73 Å². The maximum absolute atomic E-state index is 5.79. The van der Waals surface area contributed by atoms with E-state index in [-0.39, 0.29) is 6.04 Å². The highest BCUT2D eigenvalue weighted by molar-refractivity contribution is 7.15. The SMILES string of the molecule is CCCNC(C)c1nnc(-c2cc3c(s2)CCC3)o1. The van der Waals surface area contributed by atoms with Gasteiger partial charge in [0.15, 0.2) is 0 Å². The number of nitrogens with one attached hydrogen (secondary N) is 1. The van der Waals surface area contributed by atoms with Crippen LogP contribution >= 0.6 is 11.3 Å². The van der Waals surface area contributed by atoms with Crippen LogP contribution in [0.25, 0.3) is 10.8 Å². The van der Waals surface area contributed by atoms with Gasteiger partial charge in [0.1, 0.15) is 0 Å². The maximum Gasteiger partial charge on any atom is 0.257 e. The minimum Gasteiger partial charge on any atom is -0.418 e. The predicted molar refractivity (Wildman–Crippen MR) is 76.3 cm³/mol. The second kappa shape index (κ2) is 5.43. The van der Waals surface area contributed by atoms with Gasteiger partial charge in [-0.15, -0.1) is 21.5 Å². The summed E-state index contributed by atoms with van der Waals surface area (Å²) < 4.78 is 5.79. The first kappa shape index (κ1) is 12.8. The third-order valence-corrected chi connectivity index (χ3v) is 4.69. The molecule has 0 saturated heterocycles. The zero-order valence-corrected chi connectivity index (χ0v) is 12.2. The van der Waals surface area contributed by atoms with E-state index >= 15 is 0 Å². The van der Waals surface area contributed by atoms with Crippen molar-refractivity contribution < 1.29 is 4.42 Å². The number of rotatable bonds is 5. The number of aryl methyl sites for hydroxylation is 2. The normalized spacial score (nSPS) is 15.7. The van der Waals surface area contributed by atoms with E-state index in [2.05, 4.69) is 35.4 Å². The van der Waals surface area contributed by atoms with Gasteiger partial charge in [-0.25, -0.2) is 0 Å². The van der Waals surface area contributed by atoms with Crippen LogP contribution in [0.15, 0.2) is 10.5 Å². The van der Waals surface area contributed by atoms with Crippen LogP contribution in [0, 0.1) is 0 Å². The number of fused-ring (bicyclic) bond motifs is 1. The molecule has 2 aromatic rings. The fraction of sp³-hybridized carbons (Fsp3) is 0.571.